The summed E-state index contributed by atoms with van der Waals surface area (Å²) in [7, 11) is 1.70. The zero-order valence-corrected chi connectivity index (χ0v) is 13.5. The van der Waals surface area contributed by atoms with E-state index < -0.39 is 0 Å². The second-order valence-electron chi connectivity index (χ2n) is 5.78. The Kier molecular flexibility index (Phi) is 5.56. The lowest BCUT2D eigenvalue weighted by molar-refractivity contribution is 0.0189. The van der Waals surface area contributed by atoms with E-state index in [4.69, 9.17) is 15.3 Å². The molecule has 0 spiro atoms. The van der Waals surface area contributed by atoms with E-state index in [1.807, 2.05) is 20.0 Å². The average molecular weight is 293 g/mol. The van der Waals surface area contributed by atoms with Gasteiger partial charge in [0.25, 0.3) is 0 Å². The molecule has 1 aromatic heterocycles. The molecule has 1 fully saturated rings. The van der Waals surface area contributed by atoms with Crippen LogP contribution in [-0.4, -0.2) is 30.8 Å². The van der Waals surface area contributed by atoms with Crippen LogP contribution in [0.4, 0.5) is 0 Å². The molecule has 5 nitrogen and oxygen atoms in total. The van der Waals surface area contributed by atoms with Gasteiger partial charge in [-0.05, 0) is 39.5 Å². The summed E-state index contributed by atoms with van der Waals surface area (Å²) < 4.78 is 11.4. The molecule has 1 heterocycles. The fourth-order valence-corrected chi connectivity index (χ4v) is 2.95. The molecule has 3 N–H and O–H groups in total. The lowest BCUT2D eigenvalue weighted by Gasteiger charge is -2.27. The number of nitrogens with one attached hydrogen (secondary N) is 1. The predicted molar refractivity (Wildman–Crippen MR) is 83.2 cm³/mol. The van der Waals surface area contributed by atoms with E-state index in [0.717, 1.165) is 29.0 Å². The van der Waals surface area contributed by atoms with Crippen LogP contribution in [0.5, 0.6) is 5.75 Å². The number of nitrogens with zero attached hydrogens (tertiary/aromatic N) is 1. The largest absolute Gasteiger partial charge is 0.496 e. The Labute approximate surface area is 127 Å². The maximum atomic E-state index is 5.91. The minimum atomic E-state index is 0.0797. The van der Waals surface area contributed by atoms with Crippen molar-refractivity contribution in [2.24, 2.45) is 11.8 Å². The van der Waals surface area contributed by atoms with Gasteiger partial charge in [-0.15, -0.1) is 0 Å². The van der Waals surface area contributed by atoms with Crippen molar-refractivity contribution in [2.75, 3.05) is 13.7 Å². The van der Waals surface area contributed by atoms with Crippen LogP contribution in [0.25, 0.3) is 0 Å². The van der Waals surface area contributed by atoms with Crippen molar-refractivity contribution in [1.82, 2.24) is 10.4 Å². The maximum Gasteiger partial charge on any atom is 0.128 e. The number of hydrogen-bond donors (Lipinski definition) is 2. The summed E-state index contributed by atoms with van der Waals surface area (Å²) in [6.45, 7) is 6.80. The second kappa shape index (κ2) is 7.20. The average Bonchev–Trinajstić information content (AvgIpc) is 3.30. The first-order valence-corrected chi connectivity index (χ1v) is 7.69. The predicted octanol–water partition coefficient (Wildman–Crippen LogP) is 1.90. The molecule has 0 radical (unpaired) electrons. The highest BCUT2D eigenvalue weighted by Crippen LogP contribution is 2.36. The lowest BCUT2D eigenvalue weighted by atomic mass is 9.98. The Balaban J connectivity index is 2.17. The van der Waals surface area contributed by atoms with Crippen molar-refractivity contribution in [3.8, 4) is 5.75 Å². The highest BCUT2D eigenvalue weighted by Gasteiger charge is 2.37. The van der Waals surface area contributed by atoms with Gasteiger partial charge in [0.2, 0.25) is 0 Å². The Morgan fingerprint density at radius 2 is 2.14 bits per heavy atom. The quantitative estimate of drug-likeness (QED) is 0.566. The molecule has 1 aromatic rings. The molecule has 1 aliphatic rings. The Morgan fingerprint density at radius 3 is 2.67 bits per heavy atom. The zero-order valence-electron chi connectivity index (χ0n) is 13.5. The molecule has 1 saturated carbocycles. The summed E-state index contributed by atoms with van der Waals surface area (Å²) in [5, 5.41) is 0. The standard InChI is InChI=1S/C16H27N3O2/c1-5-21-16(12-6-7-12)14(19-17)8-13-11(3)15(20-4)10(2)9-18-13/h9,12,14,16,19H,5-8,17H2,1-4H3. The fraction of sp³-hybridized carbons (Fsp3) is 0.688. The van der Waals surface area contributed by atoms with Crippen LogP contribution in [0.1, 0.15) is 36.6 Å². The molecule has 0 bridgehead atoms. The number of ether oxygens (including phenoxy) is 2. The van der Waals surface area contributed by atoms with Crippen LogP contribution in [0.15, 0.2) is 6.20 Å². The van der Waals surface area contributed by atoms with Crippen LogP contribution in [0, 0.1) is 19.8 Å². The number of aromatic nitrogens is 1. The van der Waals surface area contributed by atoms with Crippen molar-refractivity contribution < 1.29 is 9.47 Å². The molecule has 1 aliphatic carbocycles. The van der Waals surface area contributed by atoms with Gasteiger partial charge >= 0.3 is 0 Å². The van der Waals surface area contributed by atoms with E-state index >= 15 is 0 Å². The normalized spacial score (nSPS) is 17.6. The number of hydrogen-bond acceptors (Lipinski definition) is 5. The highest BCUT2D eigenvalue weighted by atomic mass is 16.5. The molecule has 0 aromatic carbocycles. The molecule has 2 unspecified atom stereocenters. The smallest absolute Gasteiger partial charge is 0.128 e. The van der Waals surface area contributed by atoms with Gasteiger partial charge in [0.1, 0.15) is 5.75 Å². The van der Waals surface area contributed by atoms with Crippen LogP contribution in [-0.2, 0) is 11.2 Å². The van der Waals surface area contributed by atoms with Crippen LogP contribution >= 0.6 is 0 Å². The summed E-state index contributed by atoms with van der Waals surface area (Å²) in [5.41, 5.74) is 6.09. The van der Waals surface area contributed by atoms with Gasteiger partial charge < -0.3 is 9.47 Å². The first-order chi connectivity index (χ1) is 10.1. The second-order valence-corrected chi connectivity index (χ2v) is 5.78. The fourth-order valence-electron chi connectivity index (χ4n) is 2.95. The van der Waals surface area contributed by atoms with Crippen LogP contribution in [0.2, 0.25) is 0 Å². The van der Waals surface area contributed by atoms with E-state index in [1.165, 1.54) is 12.8 Å². The van der Waals surface area contributed by atoms with Crippen LogP contribution in [0.3, 0.4) is 0 Å². The third-order valence-corrected chi connectivity index (χ3v) is 4.22. The number of nitrogens with two attached hydrogens (primary N) is 1. The summed E-state index contributed by atoms with van der Waals surface area (Å²) in [4.78, 5) is 4.57. The molecule has 118 valence electrons. The summed E-state index contributed by atoms with van der Waals surface area (Å²) in [6.07, 6.45) is 5.23. The Hall–Kier alpha value is -1.17. The lowest BCUT2D eigenvalue weighted by Crippen LogP contribution is -2.48. The number of methoxy groups -OCH3 is 1. The van der Waals surface area contributed by atoms with Gasteiger partial charge in [-0.3, -0.25) is 16.3 Å². The molecular formula is C16H27N3O2. The first-order valence-electron chi connectivity index (χ1n) is 7.69. The SMILES string of the molecule is CCOC(C1CC1)C(Cc1ncc(C)c(OC)c1C)NN. The number of pyridine rings is 1. The van der Waals surface area contributed by atoms with Crippen LogP contribution < -0.4 is 16.0 Å². The zero-order chi connectivity index (χ0) is 15.4. The van der Waals surface area contributed by atoms with Gasteiger partial charge in [0.05, 0.1) is 19.3 Å². The van der Waals surface area contributed by atoms with Crippen molar-refractivity contribution >= 4 is 0 Å². The Bertz CT molecular complexity index is 475. The summed E-state index contributed by atoms with van der Waals surface area (Å²) in [5.74, 6) is 7.31. The van der Waals surface area contributed by atoms with Gasteiger partial charge in [-0.1, -0.05) is 0 Å². The monoisotopic (exact) mass is 293 g/mol. The molecule has 2 rings (SSSR count). The minimum absolute atomic E-state index is 0.0797. The summed E-state index contributed by atoms with van der Waals surface area (Å²) in [6, 6.07) is 0.0797. The molecule has 5 heteroatoms. The Morgan fingerprint density at radius 1 is 1.43 bits per heavy atom. The van der Waals surface area contributed by atoms with E-state index in [9.17, 15) is 0 Å². The molecule has 0 saturated heterocycles. The van der Waals surface area contributed by atoms with Gasteiger partial charge in [0.15, 0.2) is 0 Å². The summed E-state index contributed by atoms with van der Waals surface area (Å²) >= 11 is 0. The molecule has 0 aliphatic heterocycles. The number of hydrazine groups is 1. The number of rotatable bonds is 8. The van der Waals surface area contributed by atoms with E-state index in [2.05, 4.69) is 17.3 Å². The van der Waals surface area contributed by atoms with Gasteiger partial charge in [-0.2, -0.15) is 0 Å². The van der Waals surface area contributed by atoms with E-state index in [1.54, 1.807) is 7.11 Å². The first kappa shape index (κ1) is 16.2. The van der Waals surface area contributed by atoms with Gasteiger partial charge in [0, 0.05) is 36.0 Å². The van der Waals surface area contributed by atoms with Crippen molar-refractivity contribution in [3.63, 3.8) is 0 Å². The van der Waals surface area contributed by atoms with Crippen molar-refractivity contribution in [1.29, 1.82) is 0 Å². The molecular weight excluding hydrogens is 266 g/mol. The van der Waals surface area contributed by atoms with Gasteiger partial charge in [-0.25, -0.2) is 0 Å². The number of aryl methyl sites for hydroxylation is 1. The van der Waals surface area contributed by atoms with E-state index in [0.29, 0.717) is 12.5 Å². The third kappa shape index (κ3) is 3.73. The highest BCUT2D eigenvalue weighted by molar-refractivity contribution is 5.41. The van der Waals surface area contributed by atoms with E-state index in [-0.39, 0.29) is 12.1 Å². The van der Waals surface area contributed by atoms with Crippen molar-refractivity contribution in [3.05, 3.63) is 23.0 Å². The molecule has 0 amide bonds. The minimum Gasteiger partial charge on any atom is -0.496 e. The molecule has 2 atom stereocenters. The third-order valence-electron chi connectivity index (χ3n) is 4.22. The maximum absolute atomic E-state index is 5.91. The topological polar surface area (TPSA) is 69.4 Å². The van der Waals surface area contributed by atoms with Crippen molar-refractivity contribution in [2.45, 2.75) is 52.2 Å². The molecule has 21 heavy (non-hydrogen) atoms.